The first-order chi connectivity index (χ1) is 9.96. The molecule has 0 aromatic heterocycles. The minimum atomic E-state index is -2.00. The molecule has 0 aromatic rings. The Bertz CT molecular complexity index is 332. The molecule has 0 saturated carbocycles. The van der Waals surface area contributed by atoms with E-state index in [0.717, 1.165) is 13.2 Å². The Morgan fingerprint density at radius 2 is 1.39 bits per heavy atom. The highest BCUT2D eigenvalue weighted by molar-refractivity contribution is 7.63. The topological polar surface area (TPSA) is 21.7 Å². The maximum Gasteiger partial charge on any atom is 0.116 e. The lowest BCUT2D eigenvalue weighted by molar-refractivity contribution is 0.0746. The average Bonchev–Trinajstić information content (AvgIpc) is 2.32. The summed E-state index contributed by atoms with van der Waals surface area (Å²) in [6.07, 6.45) is 4.21. The van der Waals surface area contributed by atoms with Crippen LogP contribution in [0.25, 0.3) is 0 Å². The molecule has 3 nitrogen and oxygen atoms in total. The number of hydrogen-bond acceptors (Lipinski definition) is 3. The molecule has 0 fully saturated rings. The Balaban J connectivity index is 0. The molecule has 0 amide bonds. The predicted molar refractivity (Wildman–Crippen MR) is 108 cm³/mol. The molecule has 23 heavy (non-hydrogen) atoms. The second-order valence-electron chi connectivity index (χ2n) is 7.98. The van der Waals surface area contributed by atoms with Crippen LogP contribution in [0.3, 0.4) is 0 Å². The van der Waals surface area contributed by atoms with Crippen molar-refractivity contribution in [2.45, 2.75) is 68.9 Å². The molecule has 0 heterocycles. The molecule has 142 valence electrons. The Hall–Kier alpha value is 0.180. The highest BCUT2D eigenvalue weighted by atomic mass is 31.2. The number of nitrogens with zero attached hydrogens (tertiary/aromatic N) is 1. The van der Waals surface area contributed by atoms with Crippen LogP contribution in [0.2, 0.25) is 0 Å². The third-order valence-electron chi connectivity index (χ3n) is 4.08. The molecule has 0 aromatic carbocycles. The summed E-state index contributed by atoms with van der Waals surface area (Å²) >= 11 is 0. The van der Waals surface area contributed by atoms with E-state index in [1.165, 1.54) is 0 Å². The SMILES string of the molecule is C.C=P(C)(OCC(C(C)C)C(C)C)OCN(CC(C)C)C(C)C. The highest BCUT2D eigenvalue weighted by Gasteiger charge is 2.21. The lowest BCUT2D eigenvalue weighted by Gasteiger charge is -2.32. The first kappa shape index (κ1) is 25.4. The van der Waals surface area contributed by atoms with Crippen LogP contribution in [0.5, 0.6) is 0 Å². The van der Waals surface area contributed by atoms with Crippen molar-refractivity contribution < 1.29 is 9.05 Å². The van der Waals surface area contributed by atoms with Crippen molar-refractivity contribution in [1.29, 1.82) is 0 Å². The second-order valence-corrected chi connectivity index (χ2v) is 10.5. The van der Waals surface area contributed by atoms with Gasteiger partial charge in [0.1, 0.15) is 14.1 Å². The van der Waals surface area contributed by atoms with Gasteiger partial charge >= 0.3 is 0 Å². The van der Waals surface area contributed by atoms with Crippen LogP contribution in [-0.2, 0) is 9.05 Å². The van der Waals surface area contributed by atoms with Gasteiger partial charge in [0, 0.05) is 19.3 Å². The summed E-state index contributed by atoms with van der Waals surface area (Å²) in [6.45, 7) is 22.4. The van der Waals surface area contributed by atoms with Crippen LogP contribution in [0.1, 0.15) is 62.8 Å². The Morgan fingerprint density at radius 3 is 1.74 bits per heavy atom. The molecule has 1 atom stereocenters. The van der Waals surface area contributed by atoms with Crippen molar-refractivity contribution in [3.63, 3.8) is 0 Å². The molecule has 0 rings (SSSR count). The van der Waals surface area contributed by atoms with E-state index in [2.05, 4.69) is 66.6 Å². The van der Waals surface area contributed by atoms with Crippen molar-refractivity contribution >= 4 is 13.6 Å². The van der Waals surface area contributed by atoms with Crippen LogP contribution < -0.4 is 0 Å². The number of hydrogen-bond donors (Lipinski definition) is 0. The molecule has 0 N–H and O–H groups in total. The second kappa shape index (κ2) is 11.7. The highest BCUT2D eigenvalue weighted by Crippen LogP contribution is 2.44. The van der Waals surface area contributed by atoms with E-state index in [4.69, 9.17) is 9.05 Å². The fourth-order valence-corrected chi connectivity index (χ4v) is 3.47. The molecule has 0 saturated heterocycles. The fourth-order valence-electron chi connectivity index (χ4n) is 2.51. The third-order valence-corrected chi connectivity index (χ3v) is 5.44. The zero-order valence-corrected chi connectivity index (χ0v) is 17.3. The smallest absolute Gasteiger partial charge is 0.116 e. The van der Waals surface area contributed by atoms with Gasteiger partial charge in [-0.3, -0.25) is 4.90 Å². The summed E-state index contributed by atoms with van der Waals surface area (Å²) in [5, 5.41) is 0. The van der Waals surface area contributed by atoms with Crippen molar-refractivity contribution in [3.05, 3.63) is 0 Å². The maximum atomic E-state index is 6.10. The standard InChI is InChI=1S/C18H40NO2P.CH4/c1-14(2)11-19(17(7)8)13-21-22(9,10)20-12-18(15(3)4)16(5)6;/h14-18H,9,11-13H2,1-8,10H3;1H4. The van der Waals surface area contributed by atoms with Crippen LogP contribution in [-0.4, -0.2) is 43.8 Å². The van der Waals surface area contributed by atoms with E-state index < -0.39 is 7.34 Å². The van der Waals surface area contributed by atoms with Gasteiger partial charge in [0.25, 0.3) is 0 Å². The molecular weight excluding hydrogens is 305 g/mol. The minimum absolute atomic E-state index is 0. The summed E-state index contributed by atoms with van der Waals surface area (Å²) in [6, 6.07) is 0.474. The average molecular weight is 350 g/mol. The molecular formula is C19H44NO2P. The summed E-state index contributed by atoms with van der Waals surface area (Å²) < 4.78 is 12.2. The molecule has 0 spiro atoms. The van der Waals surface area contributed by atoms with E-state index in [-0.39, 0.29) is 7.43 Å². The minimum Gasteiger partial charge on any atom is -0.337 e. The molecule has 0 aliphatic carbocycles. The lowest BCUT2D eigenvalue weighted by atomic mass is 9.86. The first-order valence-electron chi connectivity index (χ1n) is 8.70. The summed E-state index contributed by atoms with van der Waals surface area (Å²) in [7, 11) is -2.00. The maximum absolute atomic E-state index is 6.10. The third kappa shape index (κ3) is 11.4. The summed E-state index contributed by atoms with van der Waals surface area (Å²) in [5.74, 6) is 2.43. The van der Waals surface area contributed by atoms with Gasteiger partial charge in [0.05, 0.1) is 6.61 Å². The zero-order valence-electron chi connectivity index (χ0n) is 16.4. The van der Waals surface area contributed by atoms with Crippen LogP contribution in [0.4, 0.5) is 0 Å². The van der Waals surface area contributed by atoms with Crippen LogP contribution in [0, 0.1) is 23.7 Å². The Kier molecular flexibility index (Phi) is 12.9. The summed E-state index contributed by atoms with van der Waals surface area (Å²) in [5.41, 5.74) is 0. The normalized spacial score (nSPS) is 15.1. The van der Waals surface area contributed by atoms with E-state index in [1.807, 2.05) is 6.66 Å². The monoisotopic (exact) mass is 349 g/mol. The van der Waals surface area contributed by atoms with Gasteiger partial charge in [-0.05, 0) is 37.5 Å². The Morgan fingerprint density at radius 1 is 0.913 bits per heavy atom. The quantitative estimate of drug-likeness (QED) is 0.347. The molecule has 0 aliphatic heterocycles. The van der Waals surface area contributed by atoms with Gasteiger partial charge in [-0.25, -0.2) is 0 Å². The molecule has 1 unspecified atom stereocenters. The Labute approximate surface area is 147 Å². The van der Waals surface area contributed by atoms with Gasteiger partial charge in [0.15, 0.2) is 0 Å². The van der Waals surface area contributed by atoms with E-state index in [1.54, 1.807) is 0 Å². The largest absolute Gasteiger partial charge is 0.337 e. The lowest BCUT2D eigenvalue weighted by Crippen LogP contribution is -2.35. The first-order valence-corrected chi connectivity index (χ1v) is 11.0. The van der Waals surface area contributed by atoms with Gasteiger partial charge in [-0.15, -0.1) is 0 Å². The zero-order chi connectivity index (χ0) is 17.5. The van der Waals surface area contributed by atoms with Gasteiger partial charge in [0.2, 0.25) is 0 Å². The molecule has 0 radical (unpaired) electrons. The van der Waals surface area contributed by atoms with Crippen molar-refractivity contribution in [2.75, 3.05) is 26.5 Å². The van der Waals surface area contributed by atoms with Crippen molar-refractivity contribution in [2.24, 2.45) is 23.7 Å². The van der Waals surface area contributed by atoms with Crippen LogP contribution in [0.15, 0.2) is 0 Å². The molecule has 4 heteroatoms. The van der Waals surface area contributed by atoms with E-state index >= 15 is 0 Å². The fraction of sp³-hybridized carbons (Fsp3) is 0.947. The molecule has 0 bridgehead atoms. The van der Waals surface area contributed by atoms with E-state index in [0.29, 0.717) is 36.4 Å². The summed E-state index contributed by atoms with van der Waals surface area (Å²) in [4.78, 5) is 2.35. The van der Waals surface area contributed by atoms with Gasteiger partial charge < -0.3 is 9.05 Å². The van der Waals surface area contributed by atoms with Gasteiger partial charge in [-0.1, -0.05) is 55.3 Å². The molecule has 0 aliphatic rings. The van der Waals surface area contributed by atoms with Gasteiger partial charge in [-0.2, -0.15) is 0 Å². The predicted octanol–water partition coefficient (Wildman–Crippen LogP) is 5.82. The van der Waals surface area contributed by atoms with Crippen molar-refractivity contribution in [3.8, 4) is 0 Å². The van der Waals surface area contributed by atoms with Crippen LogP contribution >= 0.6 is 7.34 Å². The van der Waals surface area contributed by atoms with Crippen molar-refractivity contribution in [1.82, 2.24) is 4.90 Å². The van der Waals surface area contributed by atoms with E-state index in [9.17, 15) is 0 Å². The number of rotatable bonds is 11.